The maximum Gasteiger partial charge on any atom is 0.244 e. The summed E-state index contributed by atoms with van der Waals surface area (Å²) in [5, 5.41) is 2.75. The van der Waals surface area contributed by atoms with Gasteiger partial charge in [-0.2, -0.15) is 0 Å². The van der Waals surface area contributed by atoms with E-state index in [2.05, 4.69) is 17.5 Å². The highest BCUT2D eigenvalue weighted by Crippen LogP contribution is 2.65. The van der Waals surface area contributed by atoms with Crippen LogP contribution in [-0.2, 0) is 14.4 Å². The fourth-order valence-corrected chi connectivity index (χ4v) is 5.04. The van der Waals surface area contributed by atoms with Crippen molar-refractivity contribution in [3.8, 4) is 0 Å². The number of imide groups is 1. The van der Waals surface area contributed by atoms with Crippen LogP contribution in [0.15, 0.2) is 42.5 Å². The van der Waals surface area contributed by atoms with Crippen LogP contribution in [0.1, 0.15) is 6.42 Å². The second kappa shape index (κ2) is 4.79. The van der Waals surface area contributed by atoms with Crippen LogP contribution in [0.3, 0.4) is 0 Å². The molecule has 5 aliphatic rings. The van der Waals surface area contributed by atoms with Gasteiger partial charge in [-0.1, -0.05) is 30.4 Å². The number of allylic oxidation sites excluding steroid dienone is 2. The van der Waals surface area contributed by atoms with Crippen molar-refractivity contribution in [1.29, 1.82) is 0 Å². The average molecular weight is 322 g/mol. The molecule has 1 aromatic carbocycles. The number of nitrogens with one attached hydrogen (secondary N) is 1. The molecular formula is C19H18N2O3. The molecule has 5 nitrogen and oxygen atoms in total. The molecular weight excluding hydrogens is 304 g/mol. The lowest BCUT2D eigenvalue weighted by molar-refractivity contribution is -0.142. The molecule has 2 saturated carbocycles. The molecule has 1 heterocycles. The Balaban J connectivity index is 1.34. The molecule has 6 atom stereocenters. The lowest BCUT2D eigenvalue weighted by Crippen LogP contribution is -2.40. The lowest BCUT2D eigenvalue weighted by Gasteiger charge is -2.37. The van der Waals surface area contributed by atoms with Gasteiger partial charge in [0.15, 0.2) is 0 Å². The van der Waals surface area contributed by atoms with Crippen LogP contribution in [0, 0.1) is 35.5 Å². The van der Waals surface area contributed by atoms with Crippen molar-refractivity contribution in [2.24, 2.45) is 35.5 Å². The van der Waals surface area contributed by atoms with Gasteiger partial charge in [0.2, 0.25) is 17.7 Å². The normalized spacial score (nSPS) is 38.1. The molecule has 1 N–H and O–H groups in total. The van der Waals surface area contributed by atoms with Gasteiger partial charge >= 0.3 is 0 Å². The molecule has 3 fully saturated rings. The van der Waals surface area contributed by atoms with E-state index in [0.29, 0.717) is 17.5 Å². The Morgan fingerprint density at radius 3 is 2.17 bits per heavy atom. The Bertz CT molecular complexity index is 736. The SMILES string of the molecule is O=C(CN1C(=O)[C@@H]2[C@H]3C=C[C@@H]([C@@H]4C[C@@H]34)[C@@H]2C1=O)Nc1ccccc1. The van der Waals surface area contributed by atoms with Gasteiger partial charge in [-0.15, -0.1) is 0 Å². The van der Waals surface area contributed by atoms with Gasteiger partial charge in [-0.05, 0) is 42.2 Å². The summed E-state index contributed by atoms with van der Waals surface area (Å²) in [6.07, 6.45) is 5.42. The molecule has 24 heavy (non-hydrogen) atoms. The number of benzene rings is 1. The van der Waals surface area contributed by atoms with E-state index in [1.165, 1.54) is 4.90 Å². The smallest absolute Gasteiger partial charge is 0.244 e. The van der Waals surface area contributed by atoms with Gasteiger partial charge in [-0.3, -0.25) is 19.3 Å². The van der Waals surface area contributed by atoms with Gasteiger partial charge < -0.3 is 5.32 Å². The molecule has 122 valence electrons. The molecule has 1 saturated heterocycles. The highest BCUT2D eigenvalue weighted by Gasteiger charge is 2.67. The van der Waals surface area contributed by atoms with Gasteiger partial charge in [0.25, 0.3) is 0 Å². The number of carbonyl (C=O) groups is 3. The minimum atomic E-state index is -0.327. The van der Waals surface area contributed by atoms with Gasteiger partial charge in [0.1, 0.15) is 6.54 Å². The second-order valence-corrected chi connectivity index (χ2v) is 7.33. The summed E-state index contributed by atoms with van der Waals surface area (Å²) in [5.41, 5.74) is 0.669. The molecule has 0 spiro atoms. The number of rotatable bonds is 3. The van der Waals surface area contributed by atoms with Crippen molar-refractivity contribution in [1.82, 2.24) is 4.90 Å². The fraction of sp³-hybridized carbons (Fsp3) is 0.421. The van der Waals surface area contributed by atoms with E-state index in [4.69, 9.17) is 0 Å². The maximum absolute atomic E-state index is 12.8. The zero-order valence-corrected chi connectivity index (χ0v) is 13.1. The van der Waals surface area contributed by atoms with Crippen molar-refractivity contribution < 1.29 is 14.4 Å². The molecule has 1 aromatic rings. The Hall–Kier alpha value is -2.43. The summed E-state index contributed by atoms with van der Waals surface area (Å²) in [5.74, 6) is 0.448. The van der Waals surface area contributed by atoms with Crippen LogP contribution >= 0.6 is 0 Å². The first-order valence-electron chi connectivity index (χ1n) is 8.53. The van der Waals surface area contributed by atoms with E-state index in [0.717, 1.165) is 6.42 Å². The number of amides is 3. The highest BCUT2D eigenvalue weighted by molar-refractivity contribution is 6.09. The third-order valence-corrected chi connectivity index (χ3v) is 6.11. The number of likely N-dealkylation sites (tertiary alicyclic amines) is 1. The molecule has 1 aliphatic heterocycles. The fourth-order valence-electron chi connectivity index (χ4n) is 5.04. The predicted molar refractivity (Wildman–Crippen MR) is 86.5 cm³/mol. The summed E-state index contributed by atoms with van der Waals surface area (Å²) in [6.45, 7) is -0.186. The van der Waals surface area contributed by atoms with Crippen LogP contribution in [0.25, 0.3) is 0 Å². The second-order valence-electron chi connectivity index (χ2n) is 7.33. The van der Waals surface area contributed by atoms with Crippen molar-refractivity contribution in [3.05, 3.63) is 42.5 Å². The zero-order chi connectivity index (χ0) is 16.4. The van der Waals surface area contributed by atoms with Crippen LogP contribution in [0.2, 0.25) is 0 Å². The first kappa shape index (κ1) is 14.0. The van der Waals surface area contributed by atoms with E-state index < -0.39 is 0 Å². The van der Waals surface area contributed by atoms with Gasteiger partial charge in [0, 0.05) is 5.69 Å². The molecule has 0 aromatic heterocycles. The standard InChI is InChI=1S/C19H18N2O3/c22-15(20-10-4-2-1-3-5-10)9-21-18(23)16-11-6-7-12(14-8-13(11)14)17(16)19(21)24/h1-7,11-14,16-17H,8-9H2,(H,20,22)/t11-,12-,13-,14-,16-,17+/m0/s1. The first-order chi connectivity index (χ1) is 11.6. The number of para-hydroxylation sites is 1. The molecule has 2 bridgehead atoms. The van der Waals surface area contributed by atoms with Gasteiger partial charge in [-0.25, -0.2) is 0 Å². The maximum atomic E-state index is 12.8. The number of hydrogen-bond acceptors (Lipinski definition) is 3. The van der Waals surface area contributed by atoms with E-state index >= 15 is 0 Å². The Morgan fingerprint density at radius 2 is 1.58 bits per heavy atom. The number of hydrogen-bond donors (Lipinski definition) is 1. The highest BCUT2D eigenvalue weighted by atomic mass is 16.2. The molecule has 3 amide bonds. The summed E-state index contributed by atoms with van der Waals surface area (Å²) < 4.78 is 0. The minimum absolute atomic E-state index is 0.155. The van der Waals surface area contributed by atoms with Gasteiger partial charge in [0.05, 0.1) is 11.8 Å². The van der Waals surface area contributed by atoms with Crippen LogP contribution in [0.5, 0.6) is 0 Å². The van der Waals surface area contributed by atoms with Crippen LogP contribution in [-0.4, -0.2) is 29.2 Å². The average Bonchev–Trinajstić information content (AvgIpc) is 3.37. The summed E-state index contributed by atoms with van der Waals surface area (Å²) >= 11 is 0. The summed E-state index contributed by atoms with van der Waals surface area (Å²) in [4.78, 5) is 39.0. The van der Waals surface area contributed by atoms with E-state index in [9.17, 15) is 14.4 Å². The molecule has 6 rings (SSSR count). The third-order valence-electron chi connectivity index (χ3n) is 6.11. The summed E-state index contributed by atoms with van der Waals surface area (Å²) in [6, 6.07) is 9.08. The molecule has 5 heteroatoms. The van der Waals surface area contributed by atoms with Crippen molar-refractivity contribution in [3.63, 3.8) is 0 Å². The lowest BCUT2D eigenvalue weighted by atomic mass is 9.63. The monoisotopic (exact) mass is 322 g/mol. The number of carbonyl (C=O) groups excluding carboxylic acids is 3. The number of anilines is 1. The van der Waals surface area contributed by atoms with Crippen LogP contribution in [0.4, 0.5) is 5.69 Å². The van der Waals surface area contributed by atoms with Crippen molar-refractivity contribution in [2.75, 3.05) is 11.9 Å². The Morgan fingerprint density at radius 1 is 1.00 bits per heavy atom. The van der Waals surface area contributed by atoms with Crippen LogP contribution < -0.4 is 5.32 Å². The topological polar surface area (TPSA) is 66.5 Å². The summed E-state index contributed by atoms with van der Waals surface area (Å²) in [7, 11) is 0. The minimum Gasteiger partial charge on any atom is -0.325 e. The number of nitrogens with zero attached hydrogens (tertiary/aromatic N) is 1. The quantitative estimate of drug-likeness (QED) is 0.680. The van der Waals surface area contributed by atoms with E-state index in [1.807, 2.05) is 18.2 Å². The van der Waals surface area contributed by atoms with E-state index in [-0.39, 0.29) is 47.9 Å². The molecule has 0 radical (unpaired) electrons. The Kier molecular flexibility index (Phi) is 2.78. The van der Waals surface area contributed by atoms with Crippen molar-refractivity contribution >= 4 is 23.4 Å². The molecule has 0 unspecified atom stereocenters. The van der Waals surface area contributed by atoms with Crippen molar-refractivity contribution in [2.45, 2.75) is 6.42 Å². The predicted octanol–water partition coefficient (Wildman–Crippen LogP) is 1.68. The zero-order valence-electron chi connectivity index (χ0n) is 13.1. The molecule has 4 aliphatic carbocycles. The third kappa shape index (κ3) is 1.84. The Labute approximate surface area is 139 Å². The first-order valence-corrected chi connectivity index (χ1v) is 8.53. The van der Waals surface area contributed by atoms with E-state index in [1.54, 1.807) is 12.1 Å². The largest absolute Gasteiger partial charge is 0.325 e.